The zero-order chi connectivity index (χ0) is 17.7. The molecule has 0 saturated heterocycles. The Bertz CT molecular complexity index is 608. The Hall–Kier alpha value is -2.15. The molecule has 1 saturated carbocycles. The van der Waals surface area contributed by atoms with Crippen LogP contribution in [-0.4, -0.2) is 42.2 Å². The fourth-order valence-electron chi connectivity index (χ4n) is 3.11. The van der Waals surface area contributed by atoms with E-state index in [1.54, 1.807) is 25.1 Å². The number of carbonyl (C=O) groups excluding carboxylic acids is 1. The molecule has 1 amide bonds. The number of rotatable bonds is 5. The summed E-state index contributed by atoms with van der Waals surface area (Å²) in [6, 6.07) is 4.22. The number of hydrogen-bond donors (Lipinski definition) is 2. The molecular formula is C17H25N3O4. The molecule has 0 spiro atoms. The van der Waals surface area contributed by atoms with Gasteiger partial charge in [-0.2, -0.15) is 0 Å². The van der Waals surface area contributed by atoms with Crippen molar-refractivity contribution in [2.45, 2.75) is 44.1 Å². The maximum absolute atomic E-state index is 12.5. The topological polar surface area (TPSA) is 95.7 Å². The van der Waals surface area contributed by atoms with Gasteiger partial charge in [0.05, 0.1) is 16.1 Å². The van der Waals surface area contributed by atoms with E-state index >= 15 is 0 Å². The number of anilines is 1. The summed E-state index contributed by atoms with van der Waals surface area (Å²) in [5.41, 5.74) is -0.165. The minimum Gasteiger partial charge on any atom is -0.388 e. The Morgan fingerprint density at radius 1 is 1.29 bits per heavy atom. The number of nitro benzene ring substituents is 1. The summed E-state index contributed by atoms with van der Waals surface area (Å²) < 4.78 is 0. The molecule has 1 aliphatic carbocycles. The van der Waals surface area contributed by atoms with Gasteiger partial charge in [-0.15, -0.1) is 0 Å². The van der Waals surface area contributed by atoms with Gasteiger partial charge in [-0.25, -0.2) is 0 Å². The van der Waals surface area contributed by atoms with Crippen molar-refractivity contribution in [3.63, 3.8) is 0 Å². The van der Waals surface area contributed by atoms with E-state index in [4.69, 9.17) is 0 Å². The van der Waals surface area contributed by atoms with Crippen LogP contribution in [-0.2, 0) is 0 Å². The molecule has 0 atom stereocenters. The van der Waals surface area contributed by atoms with Gasteiger partial charge in [0.1, 0.15) is 0 Å². The molecule has 0 unspecified atom stereocenters. The Kier molecular flexibility index (Phi) is 5.77. The number of non-ortho nitro benzene ring substituents is 1. The van der Waals surface area contributed by atoms with Gasteiger partial charge in [0.25, 0.3) is 11.6 Å². The van der Waals surface area contributed by atoms with Gasteiger partial charge in [-0.1, -0.05) is 25.7 Å². The van der Waals surface area contributed by atoms with Crippen LogP contribution in [0.15, 0.2) is 18.2 Å². The zero-order valence-electron chi connectivity index (χ0n) is 14.2. The average molecular weight is 335 g/mol. The molecule has 24 heavy (non-hydrogen) atoms. The quantitative estimate of drug-likeness (QED) is 0.489. The van der Waals surface area contributed by atoms with Crippen LogP contribution in [0.3, 0.4) is 0 Å². The largest absolute Gasteiger partial charge is 0.388 e. The molecule has 1 aromatic rings. The highest BCUT2D eigenvalue weighted by Gasteiger charge is 2.29. The monoisotopic (exact) mass is 335 g/mol. The van der Waals surface area contributed by atoms with E-state index in [1.807, 2.05) is 0 Å². The fraction of sp³-hybridized carbons (Fsp3) is 0.588. The third kappa shape index (κ3) is 4.44. The van der Waals surface area contributed by atoms with Crippen molar-refractivity contribution in [3.05, 3.63) is 33.9 Å². The van der Waals surface area contributed by atoms with Gasteiger partial charge >= 0.3 is 0 Å². The lowest BCUT2D eigenvalue weighted by Gasteiger charge is -2.27. The number of nitro groups is 1. The van der Waals surface area contributed by atoms with Crippen LogP contribution in [0.4, 0.5) is 11.4 Å². The molecule has 0 aromatic heterocycles. The molecular weight excluding hydrogens is 310 g/mol. The average Bonchev–Trinajstić information content (AvgIpc) is 2.77. The van der Waals surface area contributed by atoms with E-state index in [-0.39, 0.29) is 17.8 Å². The number of nitrogens with one attached hydrogen (secondary N) is 1. The Morgan fingerprint density at radius 2 is 1.92 bits per heavy atom. The smallest absolute Gasteiger partial charge is 0.270 e. The first-order valence-electron chi connectivity index (χ1n) is 8.29. The molecule has 0 heterocycles. The number of aliphatic hydroxyl groups is 1. The third-order valence-corrected chi connectivity index (χ3v) is 4.53. The first-order chi connectivity index (χ1) is 11.3. The summed E-state index contributed by atoms with van der Waals surface area (Å²) in [6.45, 7) is 0.168. The molecule has 1 aromatic carbocycles. The summed E-state index contributed by atoms with van der Waals surface area (Å²) in [5, 5.41) is 24.4. The van der Waals surface area contributed by atoms with Crippen LogP contribution in [0.2, 0.25) is 0 Å². The van der Waals surface area contributed by atoms with Gasteiger partial charge in [-0.05, 0) is 18.9 Å². The highest BCUT2D eigenvalue weighted by atomic mass is 16.6. The minimum atomic E-state index is -0.884. The van der Waals surface area contributed by atoms with Gasteiger partial charge < -0.3 is 15.3 Å². The molecule has 2 rings (SSSR count). The van der Waals surface area contributed by atoms with Crippen LogP contribution >= 0.6 is 0 Å². The SMILES string of the molecule is CN(C)c1ccc([N+](=O)[O-])cc1C(=O)NCC1(O)CCCCCC1. The van der Waals surface area contributed by atoms with Crippen molar-refractivity contribution in [3.8, 4) is 0 Å². The Balaban J connectivity index is 2.15. The fourth-order valence-corrected chi connectivity index (χ4v) is 3.11. The van der Waals surface area contributed by atoms with Crippen LogP contribution in [0.5, 0.6) is 0 Å². The molecule has 7 heteroatoms. The number of carbonyl (C=O) groups is 1. The maximum atomic E-state index is 12.5. The van der Waals surface area contributed by atoms with E-state index < -0.39 is 16.4 Å². The standard InChI is InChI=1S/C17H25N3O4/c1-19(2)15-8-7-13(20(23)24)11-14(15)16(21)18-12-17(22)9-5-3-4-6-10-17/h7-8,11,22H,3-6,9-10,12H2,1-2H3,(H,18,21). The second-order valence-electron chi connectivity index (χ2n) is 6.67. The molecule has 0 bridgehead atoms. The number of hydrogen-bond acceptors (Lipinski definition) is 5. The number of benzene rings is 1. The minimum absolute atomic E-state index is 0.126. The van der Waals surface area contributed by atoms with E-state index in [9.17, 15) is 20.0 Å². The zero-order valence-corrected chi connectivity index (χ0v) is 14.2. The molecule has 1 fully saturated rings. The molecule has 1 aliphatic rings. The molecule has 132 valence electrons. The van der Waals surface area contributed by atoms with Gasteiger partial charge in [0.15, 0.2) is 0 Å². The van der Waals surface area contributed by atoms with Crippen LogP contribution in [0, 0.1) is 10.1 Å². The molecule has 2 N–H and O–H groups in total. The second kappa shape index (κ2) is 7.61. The molecule has 0 aliphatic heterocycles. The summed E-state index contributed by atoms with van der Waals surface area (Å²) in [5.74, 6) is -0.403. The highest BCUT2D eigenvalue weighted by Crippen LogP contribution is 2.27. The first kappa shape index (κ1) is 18.2. The maximum Gasteiger partial charge on any atom is 0.270 e. The lowest BCUT2D eigenvalue weighted by Crippen LogP contribution is -2.42. The number of nitrogens with zero attached hydrogens (tertiary/aromatic N) is 2. The summed E-state index contributed by atoms with van der Waals surface area (Å²) >= 11 is 0. The summed E-state index contributed by atoms with van der Waals surface area (Å²) in [4.78, 5) is 24.7. The van der Waals surface area contributed by atoms with Crippen LogP contribution in [0.25, 0.3) is 0 Å². The third-order valence-electron chi connectivity index (χ3n) is 4.53. The second-order valence-corrected chi connectivity index (χ2v) is 6.67. The van der Waals surface area contributed by atoms with E-state index in [0.717, 1.165) is 25.7 Å². The van der Waals surface area contributed by atoms with Crippen molar-refractivity contribution in [2.24, 2.45) is 0 Å². The van der Waals surface area contributed by atoms with Crippen LogP contribution < -0.4 is 10.2 Å². The van der Waals surface area contributed by atoms with Gasteiger partial charge in [0, 0.05) is 38.5 Å². The molecule has 7 nitrogen and oxygen atoms in total. The Morgan fingerprint density at radius 3 is 2.46 bits per heavy atom. The van der Waals surface area contributed by atoms with E-state index in [1.165, 1.54) is 12.1 Å². The van der Waals surface area contributed by atoms with Crippen molar-refractivity contribution in [1.29, 1.82) is 0 Å². The summed E-state index contributed by atoms with van der Waals surface area (Å²) in [7, 11) is 3.55. The summed E-state index contributed by atoms with van der Waals surface area (Å²) in [6.07, 6.45) is 5.45. The lowest BCUT2D eigenvalue weighted by atomic mass is 9.94. The lowest BCUT2D eigenvalue weighted by molar-refractivity contribution is -0.384. The van der Waals surface area contributed by atoms with Crippen molar-refractivity contribution < 1.29 is 14.8 Å². The predicted molar refractivity (Wildman–Crippen MR) is 92.4 cm³/mol. The number of amides is 1. The van der Waals surface area contributed by atoms with Crippen molar-refractivity contribution in [2.75, 3.05) is 25.5 Å². The van der Waals surface area contributed by atoms with E-state index in [0.29, 0.717) is 18.5 Å². The predicted octanol–water partition coefficient (Wildman–Crippen LogP) is 2.48. The first-order valence-corrected chi connectivity index (χ1v) is 8.29. The van der Waals surface area contributed by atoms with Crippen LogP contribution in [0.1, 0.15) is 48.9 Å². The normalized spacial score (nSPS) is 17.0. The highest BCUT2D eigenvalue weighted by molar-refractivity contribution is 6.00. The van der Waals surface area contributed by atoms with Crippen molar-refractivity contribution >= 4 is 17.3 Å². The van der Waals surface area contributed by atoms with Gasteiger partial charge in [0.2, 0.25) is 0 Å². The molecule has 0 radical (unpaired) electrons. The van der Waals surface area contributed by atoms with Gasteiger partial charge in [-0.3, -0.25) is 14.9 Å². The Labute approximate surface area is 141 Å². The van der Waals surface area contributed by atoms with Crippen molar-refractivity contribution in [1.82, 2.24) is 5.32 Å². The van der Waals surface area contributed by atoms with E-state index in [2.05, 4.69) is 5.32 Å².